The number of sulfonamides is 1. The van der Waals surface area contributed by atoms with E-state index in [0.29, 0.717) is 18.0 Å². The smallest absolute Gasteiger partial charge is 0.261 e. The number of aromatic nitrogens is 1. The molecule has 1 aromatic heterocycles. The first-order valence-corrected chi connectivity index (χ1v) is 12.5. The summed E-state index contributed by atoms with van der Waals surface area (Å²) in [5.74, 6) is 0.669. The zero-order valence-electron chi connectivity index (χ0n) is 17.5. The van der Waals surface area contributed by atoms with Gasteiger partial charge in [0.05, 0.1) is 21.7 Å². The number of hydrogen-bond donors (Lipinski definition) is 1. The topological polar surface area (TPSA) is 68.3 Å². The molecular formula is C24H24N2O3S2. The third-order valence-corrected chi connectivity index (χ3v) is 7.29. The Kier molecular flexibility index (Phi) is 6.25. The Hall–Kier alpha value is -2.90. The molecule has 0 aliphatic heterocycles. The molecule has 3 aromatic carbocycles. The monoisotopic (exact) mass is 452 g/mol. The molecule has 0 aliphatic carbocycles. The van der Waals surface area contributed by atoms with E-state index in [1.54, 1.807) is 47.7 Å². The van der Waals surface area contributed by atoms with Crippen LogP contribution < -0.4 is 9.46 Å². The zero-order chi connectivity index (χ0) is 21.8. The summed E-state index contributed by atoms with van der Waals surface area (Å²) < 4.78 is 34.8. The van der Waals surface area contributed by atoms with Crippen LogP contribution in [-0.2, 0) is 10.0 Å². The fraction of sp³-hybridized carbons (Fsp3) is 0.208. The normalized spacial score (nSPS) is 11.5. The molecule has 160 valence electrons. The van der Waals surface area contributed by atoms with Crippen molar-refractivity contribution >= 4 is 37.3 Å². The predicted molar refractivity (Wildman–Crippen MR) is 127 cm³/mol. The van der Waals surface area contributed by atoms with Crippen LogP contribution in [0.4, 0.5) is 5.69 Å². The molecule has 0 bridgehead atoms. The molecule has 31 heavy (non-hydrogen) atoms. The Morgan fingerprint density at radius 2 is 1.74 bits per heavy atom. The van der Waals surface area contributed by atoms with Crippen LogP contribution in [0.1, 0.15) is 25.3 Å². The van der Waals surface area contributed by atoms with E-state index in [9.17, 15) is 8.42 Å². The average Bonchev–Trinajstić information content (AvgIpc) is 3.18. The van der Waals surface area contributed by atoms with Crippen molar-refractivity contribution in [2.24, 2.45) is 0 Å². The summed E-state index contributed by atoms with van der Waals surface area (Å²) in [6, 6.07) is 19.9. The van der Waals surface area contributed by atoms with Gasteiger partial charge in [-0.05, 0) is 79.6 Å². The van der Waals surface area contributed by atoms with Crippen molar-refractivity contribution in [2.45, 2.75) is 31.6 Å². The lowest BCUT2D eigenvalue weighted by Gasteiger charge is -2.10. The van der Waals surface area contributed by atoms with E-state index in [1.807, 2.05) is 24.3 Å². The van der Waals surface area contributed by atoms with Crippen LogP contribution in [0, 0.1) is 6.92 Å². The number of nitrogens with zero attached hydrogens (tertiary/aromatic N) is 1. The van der Waals surface area contributed by atoms with Gasteiger partial charge < -0.3 is 4.74 Å². The van der Waals surface area contributed by atoms with Crippen molar-refractivity contribution < 1.29 is 13.2 Å². The summed E-state index contributed by atoms with van der Waals surface area (Å²) in [5.41, 5.74) is 3.63. The molecule has 0 radical (unpaired) electrons. The summed E-state index contributed by atoms with van der Waals surface area (Å²) in [6.45, 7) is 4.78. The Morgan fingerprint density at radius 1 is 1.00 bits per heavy atom. The Bertz CT molecular complexity index is 1280. The highest BCUT2D eigenvalue weighted by Gasteiger charge is 2.15. The number of benzene rings is 3. The minimum absolute atomic E-state index is 0.195. The number of rotatable bonds is 8. The number of thiazole rings is 1. The van der Waals surface area contributed by atoms with E-state index in [1.165, 1.54) is 5.56 Å². The van der Waals surface area contributed by atoms with Gasteiger partial charge >= 0.3 is 0 Å². The van der Waals surface area contributed by atoms with E-state index in [2.05, 4.69) is 29.6 Å². The quantitative estimate of drug-likeness (QED) is 0.321. The summed E-state index contributed by atoms with van der Waals surface area (Å²) >= 11 is 1.63. The second-order valence-electron chi connectivity index (χ2n) is 7.35. The molecular weight excluding hydrogens is 428 g/mol. The number of hydrogen-bond acceptors (Lipinski definition) is 5. The maximum absolute atomic E-state index is 12.7. The van der Waals surface area contributed by atoms with Gasteiger partial charge in [-0.15, -0.1) is 11.3 Å². The van der Waals surface area contributed by atoms with Crippen LogP contribution in [0.3, 0.4) is 0 Å². The Balaban J connectivity index is 1.47. The molecule has 0 aliphatic rings. The highest BCUT2D eigenvalue weighted by atomic mass is 32.2. The second kappa shape index (κ2) is 9.08. The molecule has 4 rings (SSSR count). The van der Waals surface area contributed by atoms with Gasteiger partial charge in [-0.2, -0.15) is 0 Å². The van der Waals surface area contributed by atoms with Gasteiger partial charge in [0.15, 0.2) is 0 Å². The van der Waals surface area contributed by atoms with Crippen LogP contribution in [0.15, 0.2) is 71.6 Å². The number of aryl methyl sites for hydroxylation is 1. The van der Waals surface area contributed by atoms with E-state index >= 15 is 0 Å². The number of nitrogens with one attached hydrogen (secondary N) is 1. The van der Waals surface area contributed by atoms with Crippen molar-refractivity contribution in [3.63, 3.8) is 0 Å². The van der Waals surface area contributed by atoms with Crippen LogP contribution in [0.2, 0.25) is 0 Å². The lowest BCUT2D eigenvalue weighted by atomic mass is 10.2. The number of fused-ring (bicyclic) bond motifs is 1. The van der Waals surface area contributed by atoms with Gasteiger partial charge in [-0.3, -0.25) is 4.72 Å². The first kappa shape index (κ1) is 21.3. The van der Waals surface area contributed by atoms with Crippen molar-refractivity contribution in [1.82, 2.24) is 4.98 Å². The van der Waals surface area contributed by atoms with Gasteiger partial charge in [0, 0.05) is 11.3 Å². The third-order valence-electron chi connectivity index (χ3n) is 4.83. The fourth-order valence-electron chi connectivity index (χ4n) is 3.10. The molecule has 7 heteroatoms. The van der Waals surface area contributed by atoms with Gasteiger partial charge in [-0.1, -0.05) is 19.4 Å². The average molecular weight is 453 g/mol. The maximum Gasteiger partial charge on any atom is 0.261 e. The van der Waals surface area contributed by atoms with Crippen molar-refractivity contribution in [1.29, 1.82) is 0 Å². The minimum Gasteiger partial charge on any atom is -0.494 e. The van der Waals surface area contributed by atoms with Crippen molar-refractivity contribution in [3.8, 4) is 16.3 Å². The summed E-state index contributed by atoms with van der Waals surface area (Å²) in [7, 11) is -3.68. The number of unbranched alkanes of at least 4 members (excludes halogenated alkanes) is 1. The Morgan fingerprint density at radius 3 is 2.45 bits per heavy atom. The van der Waals surface area contributed by atoms with Gasteiger partial charge in [0.1, 0.15) is 10.8 Å². The molecule has 0 atom stereocenters. The van der Waals surface area contributed by atoms with Crippen LogP contribution in [-0.4, -0.2) is 20.0 Å². The molecule has 0 amide bonds. The molecule has 5 nitrogen and oxygen atoms in total. The molecule has 0 saturated heterocycles. The minimum atomic E-state index is -3.68. The SMILES string of the molecule is CCCCOc1ccc(S(=O)(=O)Nc2ccc(-c3nc4ccc(C)cc4s3)cc2)cc1. The first-order chi connectivity index (χ1) is 14.9. The highest BCUT2D eigenvalue weighted by molar-refractivity contribution is 7.92. The summed E-state index contributed by atoms with van der Waals surface area (Å²) in [4.78, 5) is 4.87. The number of anilines is 1. The molecule has 0 spiro atoms. The molecule has 0 unspecified atom stereocenters. The number of ether oxygens (including phenoxy) is 1. The van der Waals surface area contributed by atoms with E-state index in [-0.39, 0.29) is 4.90 Å². The maximum atomic E-state index is 12.7. The van der Waals surface area contributed by atoms with E-state index in [0.717, 1.165) is 33.6 Å². The molecule has 0 saturated carbocycles. The van der Waals surface area contributed by atoms with Crippen molar-refractivity contribution in [2.75, 3.05) is 11.3 Å². The summed E-state index contributed by atoms with van der Waals surface area (Å²) in [6.07, 6.45) is 2.02. The van der Waals surface area contributed by atoms with E-state index < -0.39 is 10.0 Å². The molecule has 1 N–H and O–H groups in total. The first-order valence-electron chi connectivity index (χ1n) is 10.2. The Labute approximate surface area is 186 Å². The standard InChI is InChI=1S/C24H24N2O3S2/c1-3-4-15-29-20-10-12-21(13-11-20)31(27,28)26-19-8-6-18(7-9-19)24-25-22-14-5-17(2)16-23(22)30-24/h5-14,16,26H,3-4,15H2,1-2H3. The van der Waals surface area contributed by atoms with Crippen LogP contribution in [0.25, 0.3) is 20.8 Å². The van der Waals surface area contributed by atoms with Crippen LogP contribution >= 0.6 is 11.3 Å². The lowest BCUT2D eigenvalue weighted by Crippen LogP contribution is -2.12. The zero-order valence-corrected chi connectivity index (χ0v) is 19.1. The van der Waals surface area contributed by atoms with Crippen molar-refractivity contribution in [3.05, 3.63) is 72.3 Å². The second-order valence-corrected chi connectivity index (χ2v) is 10.1. The predicted octanol–water partition coefficient (Wildman–Crippen LogP) is 6.25. The van der Waals surface area contributed by atoms with Gasteiger partial charge in [0.2, 0.25) is 0 Å². The van der Waals surface area contributed by atoms with Gasteiger partial charge in [-0.25, -0.2) is 13.4 Å². The lowest BCUT2D eigenvalue weighted by molar-refractivity contribution is 0.309. The van der Waals surface area contributed by atoms with E-state index in [4.69, 9.17) is 4.74 Å². The van der Waals surface area contributed by atoms with Gasteiger partial charge in [0.25, 0.3) is 10.0 Å². The summed E-state index contributed by atoms with van der Waals surface area (Å²) in [5, 5.41) is 0.911. The molecule has 0 fully saturated rings. The van der Waals surface area contributed by atoms with Crippen LogP contribution in [0.5, 0.6) is 5.75 Å². The fourth-order valence-corrected chi connectivity index (χ4v) is 5.23. The molecule has 4 aromatic rings. The third kappa shape index (κ3) is 5.06. The highest BCUT2D eigenvalue weighted by Crippen LogP contribution is 2.31. The molecule has 1 heterocycles. The largest absolute Gasteiger partial charge is 0.494 e.